The van der Waals surface area contributed by atoms with Crippen LogP contribution in [0.15, 0.2) is 23.8 Å². The van der Waals surface area contributed by atoms with Gasteiger partial charge in [-0.3, -0.25) is 4.79 Å². The van der Waals surface area contributed by atoms with Crippen LogP contribution < -0.4 is 0 Å². The first-order chi connectivity index (χ1) is 41.7. The fraction of sp³-hybridized carbons (Fsp3) is 0.820. The Hall–Kier alpha value is -3.99. The number of phenolic OH excluding ortho intramolecular Hbond substituents is 3. The molecule has 28 heteroatoms. The standard InChI is InChI=1S/C61H90O28/c1-24-35(67)39(71)41(73)51(81-24)86-45-38(70)31(22-63)82-52(43(45)75)87-46-42(74)47(49(77)78)88-53(44(46)76)84-34-11-12-57(4)32(58(34,5)23-64)10-13-60(7)33(57)9-8-26-27-20-56(2,3)14-16-61(27,17-15-59(26,60)6)55(80)89-54-48(40(72)37(69)30(21-62)83-54)85-50(79)25-18-28(65)36(68)29(66)19-25/h8,18-19,24,27,30-35,37-48,51-54,62-76H,9-17,20-23H2,1-7H3,(H,77,78)/t24-,27-,30+,31+,32+,33+,34-,35-,37+,38-,39+,40-,41+,42-,43+,44+,45-,46-,47-,48+,51-,52-,53+,54-,57-,58-,59+,60+,61-/m0/s1. The van der Waals surface area contributed by atoms with Gasteiger partial charge >= 0.3 is 17.9 Å². The van der Waals surface area contributed by atoms with E-state index in [0.29, 0.717) is 57.8 Å². The number of phenols is 3. The number of hydrogen-bond acceptors (Lipinski definition) is 27. The molecule has 4 heterocycles. The average molecular weight is 1270 g/mol. The molecular formula is C61H90O28. The Morgan fingerprint density at radius 1 is 0.584 bits per heavy atom. The summed E-state index contributed by atoms with van der Waals surface area (Å²) in [6.07, 6.45) is -29.9. The lowest BCUT2D eigenvalue weighted by molar-refractivity contribution is -0.382. The average Bonchev–Trinajstić information content (AvgIpc) is 0.678. The summed E-state index contributed by atoms with van der Waals surface area (Å²) < 4.78 is 53.0. The minimum atomic E-state index is -2.15. The van der Waals surface area contributed by atoms with E-state index in [1.165, 1.54) is 6.92 Å². The summed E-state index contributed by atoms with van der Waals surface area (Å²) in [7, 11) is 0. The van der Waals surface area contributed by atoms with E-state index in [2.05, 4.69) is 40.7 Å². The van der Waals surface area contributed by atoms with Gasteiger partial charge in [-0.05, 0) is 123 Å². The quantitative estimate of drug-likeness (QED) is 0.0461. The van der Waals surface area contributed by atoms with Crippen LogP contribution in [0.4, 0.5) is 0 Å². The number of aliphatic hydroxyl groups is 12. The Bertz CT molecular complexity index is 2780. The Morgan fingerprint density at radius 2 is 1.17 bits per heavy atom. The first kappa shape index (κ1) is 67.9. The van der Waals surface area contributed by atoms with Gasteiger partial charge < -0.3 is 124 Å². The molecule has 1 aromatic rings. The normalized spacial score (nSPS) is 48.7. The van der Waals surface area contributed by atoms with Gasteiger partial charge in [-0.25, -0.2) is 9.59 Å². The lowest BCUT2D eigenvalue weighted by Crippen LogP contribution is -2.68. The second-order valence-corrected chi connectivity index (χ2v) is 28.4. The number of allylic oxidation sites excluding steroid dienone is 2. The number of aliphatic hydroxyl groups excluding tert-OH is 12. The van der Waals surface area contributed by atoms with Crippen LogP contribution in [0.3, 0.4) is 0 Å². The van der Waals surface area contributed by atoms with Crippen molar-refractivity contribution in [2.75, 3.05) is 19.8 Å². The van der Waals surface area contributed by atoms with Crippen molar-refractivity contribution in [3.8, 4) is 17.2 Å². The highest BCUT2D eigenvalue weighted by Crippen LogP contribution is 2.76. The highest BCUT2D eigenvalue weighted by atomic mass is 16.8. The fourth-order valence-corrected chi connectivity index (χ4v) is 17.5. The zero-order valence-electron chi connectivity index (χ0n) is 50.8. The van der Waals surface area contributed by atoms with Crippen molar-refractivity contribution >= 4 is 17.9 Å². The molecule has 5 aliphatic carbocycles. The van der Waals surface area contributed by atoms with Crippen LogP contribution in [0.5, 0.6) is 17.2 Å². The van der Waals surface area contributed by atoms with E-state index in [-0.39, 0.29) is 29.6 Å². The zero-order chi connectivity index (χ0) is 65.2. The Kier molecular flexibility index (Phi) is 18.9. The van der Waals surface area contributed by atoms with E-state index >= 15 is 4.79 Å². The van der Waals surface area contributed by atoms with Crippen LogP contribution in [-0.4, -0.2) is 248 Å². The molecule has 4 aliphatic heterocycles. The smallest absolute Gasteiger partial charge is 0.339 e. The zero-order valence-corrected chi connectivity index (χ0v) is 50.8. The van der Waals surface area contributed by atoms with Gasteiger partial charge in [0.25, 0.3) is 0 Å². The molecule has 0 bridgehead atoms. The number of carbonyl (C=O) groups excluding carboxylic acids is 2. The molecule has 16 N–H and O–H groups in total. The third-order valence-corrected chi connectivity index (χ3v) is 23.0. The molecule has 4 saturated heterocycles. The molecule has 89 heavy (non-hydrogen) atoms. The van der Waals surface area contributed by atoms with Gasteiger partial charge in [-0.1, -0.05) is 53.2 Å². The van der Waals surface area contributed by atoms with Crippen molar-refractivity contribution in [3.05, 3.63) is 29.3 Å². The summed E-state index contributed by atoms with van der Waals surface area (Å²) >= 11 is 0. The number of benzene rings is 1. The van der Waals surface area contributed by atoms with Crippen molar-refractivity contribution < 1.29 is 139 Å². The second-order valence-electron chi connectivity index (χ2n) is 28.4. The number of aliphatic carboxylic acids is 1. The fourth-order valence-electron chi connectivity index (χ4n) is 17.5. The third-order valence-electron chi connectivity index (χ3n) is 23.0. The molecule has 8 fully saturated rings. The van der Waals surface area contributed by atoms with Crippen molar-refractivity contribution in [3.63, 3.8) is 0 Å². The summed E-state index contributed by atoms with van der Waals surface area (Å²) in [6.45, 7) is 12.2. The first-order valence-corrected chi connectivity index (χ1v) is 30.8. The van der Waals surface area contributed by atoms with Gasteiger partial charge in [0.15, 0.2) is 48.3 Å². The van der Waals surface area contributed by atoms with Crippen LogP contribution in [0, 0.1) is 50.2 Å². The number of hydrogen-bond donors (Lipinski definition) is 16. The number of aromatic hydroxyl groups is 3. The summed E-state index contributed by atoms with van der Waals surface area (Å²) in [5, 5.41) is 172. The molecule has 502 valence electrons. The number of carboxylic acids is 1. The predicted octanol–water partition coefficient (Wildman–Crippen LogP) is -0.961. The van der Waals surface area contributed by atoms with Crippen molar-refractivity contribution in [1.29, 1.82) is 0 Å². The number of ether oxygens (including phenoxy) is 9. The number of fused-ring (bicyclic) bond motifs is 7. The largest absolute Gasteiger partial charge is 0.504 e. The van der Waals surface area contributed by atoms with Crippen LogP contribution in [0.2, 0.25) is 0 Å². The van der Waals surface area contributed by atoms with E-state index in [1.54, 1.807) is 0 Å². The van der Waals surface area contributed by atoms with Gasteiger partial charge in [-0.15, -0.1) is 0 Å². The second kappa shape index (κ2) is 24.7. The minimum Gasteiger partial charge on any atom is -0.504 e. The molecular weight excluding hydrogens is 1180 g/mol. The van der Waals surface area contributed by atoms with Gasteiger partial charge in [0.2, 0.25) is 6.29 Å². The maximum absolute atomic E-state index is 15.3. The number of carboxylic acid groups (broad SMARTS) is 1. The number of rotatable bonds is 14. The summed E-state index contributed by atoms with van der Waals surface area (Å²) in [5.41, 5.74) is -3.24. The molecule has 4 saturated carbocycles. The molecule has 9 aliphatic rings. The maximum atomic E-state index is 15.3. The Balaban J connectivity index is 0.881. The molecule has 0 amide bonds. The summed E-state index contributed by atoms with van der Waals surface area (Å²) in [5.74, 6) is -6.88. The van der Waals surface area contributed by atoms with Crippen LogP contribution in [-0.2, 0) is 52.2 Å². The van der Waals surface area contributed by atoms with Crippen LogP contribution in [0.25, 0.3) is 0 Å². The summed E-state index contributed by atoms with van der Waals surface area (Å²) in [6, 6.07) is 1.61. The van der Waals surface area contributed by atoms with Gasteiger partial charge in [0, 0.05) is 5.41 Å². The van der Waals surface area contributed by atoms with Gasteiger partial charge in [0.1, 0.15) is 79.4 Å². The van der Waals surface area contributed by atoms with Crippen LogP contribution in [0.1, 0.15) is 123 Å². The van der Waals surface area contributed by atoms with E-state index < -0.39 is 217 Å². The maximum Gasteiger partial charge on any atom is 0.339 e. The number of carbonyl (C=O) groups is 3. The van der Waals surface area contributed by atoms with Crippen LogP contribution >= 0.6 is 0 Å². The Labute approximate surface area is 513 Å². The Morgan fingerprint density at radius 3 is 1.79 bits per heavy atom. The predicted molar refractivity (Wildman–Crippen MR) is 298 cm³/mol. The first-order valence-electron chi connectivity index (χ1n) is 30.8. The molecule has 0 spiro atoms. The monoisotopic (exact) mass is 1270 g/mol. The molecule has 10 rings (SSSR count). The topological polar surface area (TPSA) is 458 Å². The SMILES string of the molecule is C[C@@H]1O[C@@H](O[C@H]2[C@@H](O)[C@@H](CO)O[C@@H](O[C@@H]3[C@@H](O)[C@H](O[C@H]4CC[C@@]5(C)[C@@H](CC[C@]6(C)[C@@H]5CC=C5[C@@H]7CC(C)(C)CC[C@]7(C(=O)O[C@@H]7O[C@H](CO)[C@@H](O)[C@H](O)[C@H]7OC(=O)c7cc(O)c(O)c(O)c7)CC[C@]56C)[C@]4(C)CO)O[C@H](C(=O)O)[C@H]3O)[C@@H]2O)[C@H](O)[C@H](O)[C@H]1O. The highest BCUT2D eigenvalue weighted by molar-refractivity contribution is 5.91. The molecule has 0 unspecified atom stereocenters. The molecule has 0 radical (unpaired) electrons. The molecule has 0 aromatic heterocycles. The summed E-state index contributed by atoms with van der Waals surface area (Å²) in [4.78, 5) is 41.6. The van der Waals surface area contributed by atoms with E-state index in [9.17, 15) is 91.3 Å². The van der Waals surface area contributed by atoms with Crippen molar-refractivity contribution in [2.24, 2.45) is 50.2 Å². The number of esters is 2. The molecule has 29 atom stereocenters. The van der Waals surface area contributed by atoms with E-state index in [0.717, 1.165) is 17.7 Å². The highest BCUT2D eigenvalue weighted by Gasteiger charge is 2.71. The molecule has 28 nitrogen and oxygen atoms in total. The molecule has 1 aromatic carbocycles. The third kappa shape index (κ3) is 11.3. The van der Waals surface area contributed by atoms with E-state index in [4.69, 9.17) is 42.6 Å². The van der Waals surface area contributed by atoms with Gasteiger partial charge in [-0.2, -0.15) is 0 Å². The lowest BCUT2D eigenvalue weighted by Gasteiger charge is -2.71. The lowest BCUT2D eigenvalue weighted by atomic mass is 9.33. The van der Waals surface area contributed by atoms with E-state index in [1.807, 2.05) is 6.92 Å². The van der Waals surface area contributed by atoms with Crippen molar-refractivity contribution in [1.82, 2.24) is 0 Å². The van der Waals surface area contributed by atoms with Crippen molar-refractivity contribution in [2.45, 2.75) is 242 Å². The minimum absolute atomic E-state index is 0.0120. The van der Waals surface area contributed by atoms with Gasteiger partial charge in [0.05, 0.1) is 43.0 Å².